The van der Waals surface area contributed by atoms with Crippen LogP contribution in [0.4, 0.5) is 0 Å². The standard InChI is InChI=1S/C13H19ClO2S/c1-5-17(15,16)11-7-6-10(12(14)8-11)9-13(2,3)4/h6-8H,5,9H2,1-4H3. The molecule has 0 atom stereocenters. The minimum Gasteiger partial charge on any atom is -0.224 e. The van der Waals surface area contributed by atoms with E-state index in [4.69, 9.17) is 11.6 Å². The zero-order valence-corrected chi connectivity index (χ0v) is 12.3. The average molecular weight is 275 g/mol. The third-order valence-electron chi connectivity index (χ3n) is 2.48. The monoisotopic (exact) mass is 274 g/mol. The summed E-state index contributed by atoms with van der Waals surface area (Å²) < 4.78 is 23.4. The van der Waals surface area contributed by atoms with Crippen LogP contribution in [0.5, 0.6) is 0 Å². The summed E-state index contributed by atoms with van der Waals surface area (Å²) in [6.45, 7) is 8.01. The van der Waals surface area contributed by atoms with Gasteiger partial charge in [0.1, 0.15) is 0 Å². The normalized spacial score (nSPS) is 12.8. The molecule has 0 unspecified atom stereocenters. The predicted molar refractivity (Wildman–Crippen MR) is 72.3 cm³/mol. The van der Waals surface area contributed by atoms with Gasteiger partial charge >= 0.3 is 0 Å². The van der Waals surface area contributed by atoms with Crippen LogP contribution in [0, 0.1) is 5.41 Å². The van der Waals surface area contributed by atoms with Crippen LogP contribution < -0.4 is 0 Å². The van der Waals surface area contributed by atoms with Gasteiger partial charge in [0.15, 0.2) is 9.84 Å². The van der Waals surface area contributed by atoms with Crippen LogP contribution in [-0.4, -0.2) is 14.2 Å². The molecule has 0 heterocycles. The molecule has 0 spiro atoms. The minimum atomic E-state index is -3.17. The third kappa shape index (κ3) is 4.00. The molecule has 0 aromatic heterocycles. The predicted octanol–water partition coefficient (Wildman–Crippen LogP) is 3.72. The Hall–Kier alpha value is -0.540. The quantitative estimate of drug-likeness (QED) is 0.842. The van der Waals surface area contributed by atoms with E-state index in [-0.39, 0.29) is 11.2 Å². The van der Waals surface area contributed by atoms with Gasteiger partial charge in [-0.15, -0.1) is 0 Å². The summed E-state index contributed by atoms with van der Waals surface area (Å²) in [6, 6.07) is 5.02. The number of sulfone groups is 1. The number of hydrogen-bond donors (Lipinski definition) is 0. The van der Waals surface area contributed by atoms with E-state index in [9.17, 15) is 8.42 Å². The van der Waals surface area contributed by atoms with Crippen molar-refractivity contribution in [2.75, 3.05) is 5.75 Å². The Balaban J connectivity index is 3.11. The molecule has 1 aromatic rings. The summed E-state index contributed by atoms with van der Waals surface area (Å²) in [5, 5.41) is 0.537. The van der Waals surface area contributed by atoms with Crippen LogP contribution in [0.25, 0.3) is 0 Å². The van der Waals surface area contributed by atoms with E-state index in [0.29, 0.717) is 9.92 Å². The van der Waals surface area contributed by atoms with Crippen LogP contribution >= 0.6 is 11.6 Å². The lowest BCUT2D eigenvalue weighted by atomic mass is 9.88. The van der Waals surface area contributed by atoms with Crippen LogP contribution in [0.15, 0.2) is 23.1 Å². The molecule has 96 valence electrons. The van der Waals surface area contributed by atoms with Gasteiger partial charge < -0.3 is 0 Å². The smallest absolute Gasteiger partial charge is 0.178 e. The van der Waals surface area contributed by atoms with Gasteiger partial charge in [-0.1, -0.05) is 45.4 Å². The molecule has 0 N–H and O–H groups in total. The van der Waals surface area contributed by atoms with E-state index in [1.54, 1.807) is 19.1 Å². The Morgan fingerprint density at radius 3 is 2.24 bits per heavy atom. The Morgan fingerprint density at radius 1 is 1.24 bits per heavy atom. The van der Waals surface area contributed by atoms with E-state index in [1.165, 1.54) is 0 Å². The maximum absolute atomic E-state index is 11.7. The van der Waals surface area contributed by atoms with Crippen LogP contribution in [0.3, 0.4) is 0 Å². The zero-order chi connectivity index (χ0) is 13.3. The topological polar surface area (TPSA) is 34.1 Å². The summed E-state index contributed by atoms with van der Waals surface area (Å²) in [4.78, 5) is 0.308. The van der Waals surface area contributed by atoms with Gasteiger partial charge in [0.2, 0.25) is 0 Å². The van der Waals surface area contributed by atoms with Gasteiger partial charge in [0.25, 0.3) is 0 Å². The van der Waals surface area contributed by atoms with Crippen LogP contribution in [0.2, 0.25) is 5.02 Å². The lowest BCUT2D eigenvalue weighted by molar-refractivity contribution is 0.411. The maximum atomic E-state index is 11.7. The first-order valence-electron chi connectivity index (χ1n) is 5.67. The molecule has 0 fully saturated rings. The Kier molecular flexibility index (Phi) is 4.26. The molecule has 0 bridgehead atoms. The zero-order valence-electron chi connectivity index (χ0n) is 10.7. The number of benzene rings is 1. The molecule has 1 aromatic carbocycles. The highest BCUT2D eigenvalue weighted by Crippen LogP contribution is 2.28. The molecule has 2 nitrogen and oxygen atoms in total. The summed E-state index contributed by atoms with van der Waals surface area (Å²) in [6.07, 6.45) is 0.832. The molecule has 0 aliphatic rings. The van der Waals surface area contributed by atoms with Crippen molar-refractivity contribution in [2.45, 2.75) is 39.0 Å². The Morgan fingerprint density at radius 2 is 1.82 bits per heavy atom. The summed E-state index contributed by atoms with van der Waals surface area (Å²) in [5.41, 5.74) is 1.13. The van der Waals surface area contributed by atoms with Gasteiger partial charge in [0, 0.05) is 5.02 Å². The van der Waals surface area contributed by atoms with E-state index in [2.05, 4.69) is 20.8 Å². The van der Waals surface area contributed by atoms with Crippen molar-refractivity contribution >= 4 is 21.4 Å². The molecule has 0 saturated heterocycles. The minimum absolute atomic E-state index is 0.0992. The van der Waals surface area contributed by atoms with E-state index < -0.39 is 9.84 Å². The van der Waals surface area contributed by atoms with Gasteiger partial charge in [-0.2, -0.15) is 0 Å². The first-order chi connectivity index (χ1) is 7.65. The SMILES string of the molecule is CCS(=O)(=O)c1ccc(CC(C)(C)C)c(Cl)c1. The maximum Gasteiger partial charge on any atom is 0.178 e. The molecule has 0 aliphatic carbocycles. The first-order valence-corrected chi connectivity index (χ1v) is 7.70. The molecule has 1 rings (SSSR count). The highest BCUT2D eigenvalue weighted by atomic mass is 35.5. The lowest BCUT2D eigenvalue weighted by Crippen LogP contribution is -2.10. The molecule has 0 radical (unpaired) electrons. The van der Waals surface area contributed by atoms with Gasteiger partial charge in [-0.05, 0) is 29.5 Å². The first kappa shape index (κ1) is 14.5. The largest absolute Gasteiger partial charge is 0.224 e. The average Bonchev–Trinajstić information content (AvgIpc) is 2.19. The van der Waals surface area contributed by atoms with Crippen LogP contribution in [0.1, 0.15) is 33.3 Å². The van der Waals surface area contributed by atoms with Crippen molar-refractivity contribution in [3.63, 3.8) is 0 Å². The second-order valence-electron chi connectivity index (χ2n) is 5.39. The molecule has 17 heavy (non-hydrogen) atoms. The van der Waals surface area contributed by atoms with E-state index >= 15 is 0 Å². The molecule has 4 heteroatoms. The van der Waals surface area contributed by atoms with E-state index in [0.717, 1.165) is 12.0 Å². The van der Waals surface area contributed by atoms with Gasteiger partial charge in [-0.3, -0.25) is 0 Å². The number of halogens is 1. The molecule has 0 amide bonds. The summed E-state index contributed by atoms with van der Waals surface area (Å²) >= 11 is 6.13. The highest BCUT2D eigenvalue weighted by molar-refractivity contribution is 7.91. The Labute approximate surface area is 109 Å². The lowest BCUT2D eigenvalue weighted by Gasteiger charge is -2.19. The highest BCUT2D eigenvalue weighted by Gasteiger charge is 2.17. The van der Waals surface area contributed by atoms with Crippen molar-refractivity contribution in [1.29, 1.82) is 0 Å². The van der Waals surface area contributed by atoms with Crippen molar-refractivity contribution in [3.05, 3.63) is 28.8 Å². The van der Waals surface area contributed by atoms with Crippen molar-refractivity contribution in [3.8, 4) is 0 Å². The third-order valence-corrected chi connectivity index (χ3v) is 4.57. The Bertz CT molecular complexity index is 499. The second kappa shape index (κ2) is 4.99. The number of rotatable bonds is 3. The molecule has 0 aliphatic heterocycles. The fourth-order valence-corrected chi connectivity index (χ4v) is 2.82. The van der Waals surface area contributed by atoms with Crippen molar-refractivity contribution in [1.82, 2.24) is 0 Å². The van der Waals surface area contributed by atoms with Gasteiger partial charge in [-0.25, -0.2) is 8.42 Å². The number of hydrogen-bond acceptors (Lipinski definition) is 2. The fraction of sp³-hybridized carbons (Fsp3) is 0.538. The summed E-state index contributed by atoms with van der Waals surface area (Å²) in [7, 11) is -3.17. The van der Waals surface area contributed by atoms with E-state index in [1.807, 2.05) is 6.07 Å². The molecular formula is C13H19ClO2S. The molecule has 0 saturated carbocycles. The fourth-order valence-electron chi connectivity index (χ4n) is 1.60. The van der Waals surface area contributed by atoms with Crippen LogP contribution in [-0.2, 0) is 16.3 Å². The van der Waals surface area contributed by atoms with Crippen molar-refractivity contribution in [2.24, 2.45) is 5.41 Å². The second-order valence-corrected chi connectivity index (χ2v) is 8.08. The summed E-state index contributed by atoms with van der Waals surface area (Å²) in [5.74, 6) is 0.0992. The molecular weight excluding hydrogens is 256 g/mol. The van der Waals surface area contributed by atoms with Crippen molar-refractivity contribution < 1.29 is 8.42 Å². The van der Waals surface area contributed by atoms with Gasteiger partial charge in [0.05, 0.1) is 10.6 Å².